The zero-order valence-electron chi connectivity index (χ0n) is 11.0. The average Bonchev–Trinajstić information content (AvgIpc) is 2.82. The van der Waals surface area contributed by atoms with Crippen molar-refractivity contribution in [3.63, 3.8) is 0 Å². The fourth-order valence-corrected chi connectivity index (χ4v) is 4.16. The number of aryl methyl sites for hydroxylation is 2. The molecule has 0 aliphatic rings. The molecule has 0 bridgehead atoms. The minimum atomic E-state index is -0.0719. The van der Waals surface area contributed by atoms with Crippen molar-refractivity contribution in [2.24, 2.45) is 0 Å². The number of rotatable bonds is 2. The Morgan fingerprint density at radius 2 is 1.63 bits per heavy atom. The number of fused-ring (bicyclic) bond motifs is 1. The molecule has 0 radical (unpaired) electrons. The van der Waals surface area contributed by atoms with Crippen LogP contribution in [-0.2, 0) is 0 Å². The van der Waals surface area contributed by atoms with Crippen LogP contribution >= 0.6 is 22.9 Å². The lowest BCUT2D eigenvalue weighted by molar-refractivity contribution is 1.10. The zero-order chi connectivity index (χ0) is 13.4. The van der Waals surface area contributed by atoms with Gasteiger partial charge in [-0.25, -0.2) is 0 Å². The van der Waals surface area contributed by atoms with E-state index >= 15 is 0 Å². The standard InChI is InChI=1S/C17H15ClS/c1-11-6-5-7-12(2)16(11)17(18)14-10-19-15-9-4-3-8-13(14)15/h3-10,17H,1-2H3. The van der Waals surface area contributed by atoms with Crippen LogP contribution in [0.1, 0.15) is 27.6 Å². The van der Waals surface area contributed by atoms with Crippen molar-refractivity contribution in [3.05, 3.63) is 70.1 Å². The molecule has 0 nitrogen and oxygen atoms in total. The van der Waals surface area contributed by atoms with Gasteiger partial charge in [-0.3, -0.25) is 0 Å². The van der Waals surface area contributed by atoms with Crippen LogP contribution in [-0.4, -0.2) is 0 Å². The second-order valence-electron chi connectivity index (χ2n) is 4.86. The predicted octanol–water partition coefficient (Wildman–Crippen LogP) is 5.85. The molecule has 1 unspecified atom stereocenters. The van der Waals surface area contributed by atoms with Crippen LogP contribution in [0.25, 0.3) is 10.1 Å². The summed E-state index contributed by atoms with van der Waals surface area (Å²) in [5.74, 6) is 0. The van der Waals surface area contributed by atoms with Crippen molar-refractivity contribution in [1.82, 2.24) is 0 Å². The van der Waals surface area contributed by atoms with E-state index in [2.05, 4.69) is 61.7 Å². The zero-order valence-corrected chi connectivity index (χ0v) is 12.6. The first kappa shape index (κ1) is 12.7. The van der Waals surface area contributed by atoms with E-state index in [1.165, 1.54) is 32.3 Å². The normalized spacial score (nSPS) is 12.8. The van der Waals surface area contributed by atoms with Gasteiger partial charge in [-0.2, -0.15) is 0 Å². The number of halogens is 1. The first-order valence-corrected chi connectivity index (χ1v) is 7.66. The van der Waals surface area contributed by atoms with Crippen molar-refractivity contribution in [3.8, 4) is 0 Å². The fourth-order valence-electron chi connectivity index (χ4n) is 2.58. The van der Waals surface area contributed by atoms with Crippen molar-refractivity contribution in [2.75, 3.05) is 0 Å². The summed E-state index contributed by atoms with van der Waals surface area (Å²) in [6.45, 7) is 4.26. The molecule has 1 heterocycles. The van der Waals surface area contributed by atoms with Gasteiger partial charge in [0.25, 0.3) is 0 Å². The van der Waals surface area contributed by atoms with Gasteiger partial charge in [-0.05, 0) is 52.9 Å². The summed E-state index contributed by atoms with van der Waals surface area (Å²) in [7, 11) is 0. The molecule has 96 valence electrons. The van der Waals surface area contributed by atoms with Gasteiger partial charge in [-0.15, -0.1) is 22.9 Å². The lowest BCUT2D eigenvalue weighted by Gasteiger charge is -2.15. The van der Waals surface area contributed by atoms with E-state index in [0.29, 0.717) is 0 Å². The summed E-state index contributed by atoms with van der Waals surface area (Å²) >= 11 is 8.53. The van der Waals surface area contributed by atoms with Crippen molar-refractivity contribution >= 4 is 33.0 Å². The summed E-state index contributed by atoms with van der Waals surface area (Å²) in [5.41, 5.74) is 4.98. The number of hydrogen-bond acceptors (Lipinski definition) is 1. The Hall–Kier alpha value is -1.31. The summed E-state index contributed by atoms with van der Waals surface area (Å²) in [4.78, 5) is 0. The van der Waals surface area contributed by atoms with Crippen LogP contribution in [0.5, 0.6) is 0 Å². The van der Waals surface area contributed by atoms with Gasteiger partial charge in [0.15, 0.2) is 0 Å². The molecule has 19 heavy (non-hydrogen) atoms. The lowest BCUT2D eigenvalue weighted by Crippen LogP contribution is -1.98. The monoisotopic (exact) mass is 286 g/mol. The Bertz CT molecular complexity index is 707. The van der Waals surface area contributed by atoms with E-state index in [-0.39, 0.29) is 5.38 Å². The van der Waals surface area contributed by atoms with Crippen LogP contribution in [0.2, 0.25) is 0 Å². The second kappa shape index (κ2) is 4.99. The topological polar surface area (TPSA) is 0 Å². The molecule has 3 aromatic rings. The molecular weight excluding hydrogens is 272 g/mol. The molecule has 0 saturated heterocycles. The molecule has 0 N–H and O–H groups in total. The minimum Gasteiger partial charge on any atom is -0.143 e. The maximum atomic E-state index is 6.77. The molecule has 1 aromatic heterocycles. The molecule has 0 saturated carbocycles. The third-order valence-corrected chi connectivity index (χ3v) is 5.01. The van der Waals surface area contributed by atoms with Gasteiger partial charge in [0, 0.05) is 4.70 Å². The third kappa shape index (κ3) is 2.18. The number of hydrogen-bond donors (Lipinski definition) is 0. The third-order valence-electron chi connectivity index (χ3n) is 3.58. The molecule has 3 rings (SSSR count). The second-order valence-corrected chi connectivity index (χ2v) is 6.20. The van der Waals surface area contributed by atoms with Gasteiger partial charge in [0.2, 0.25) is 0 Å². The minimum absolute atomic E-state index is 0.0719. The molecule has 1 atom stereocenters. The number of thiophene rings is 1. The van der Waals surface area contributed by atoms with E-state index in [9.17, 15) is 0 Å². The highest BCUT2D eigenvalue weighted by Gasteiger charge is 2.18. The van der Waals surface area contributed by atoms with Crippen LogP contribution in [0, 0.1) is 13.8 Å². The van der Waals surface area contributed by atoms with Crippen molar-refractivity contribution < 1.29 is 0 Å². The Kier molecular flexibility index (Phi) is 3.34. The maximum absolute atomic E-state index is 6.77. The largest absolute Gasteiger partial charge is 0.143 e. The van der Waals surface area contributed by atoms with Gasteiger partial charge in [0.05, 0.1) is 5.38 Å². The van der Waals surface area contributed by atoms with E-state index in [1.54, 1.807) is 11.3 Å². The quantitative estimate of drug-likeness (QED) is 0.519. The first-order chi connectivity index (χ1) is 9.18. The highest BCUT2D eigenvalue weighted by molar-refractivity contribution is 7.17. The molecule has 2 aromatic carbocycles. The Balaban J connectivity index is 2.16. The lowest BCUT2D eigenvalue weighted by atomic mass is 9.95. The first-order valence-electron chi connectivity index (χ1n) is 6.35. The Morgan fingerprint density at radius 1 is 0.947 bits per heavy atom. The maximum Gasteiger partial charge on any atom is 0.0854 e. The van der Waals surface area contributed by atoms with Crippen LogP contribution in [0.4, 0.5) is 0 Å². The Labute approximate surface area is 122 Å². The summed E-state index contributed by atoms with van der Waals surface area (Å²) in [6, 6.07) is 14.8. The fraction of sp³-hybridized carbons (Fsp3) is 0.176. The SMILES string of the molecule is Cc1cccc(C)c1C(Cl)c1csc2ccccc12. The summed E-state index contributed by atoms with van der Waals surface area (Å²) < 4.78 is 1.30. The molecule has 2 heteroatoms. The number of benzene rings is 2. The molecule has 0 amide bonds. The van der Waals surface area contributed by atoms with E-state index in [1.807, 2.05) is 0 Å². The van der Waals surface area contributed by atoms with Gasteiger partial charge in [0.1, 0.15) is 0 Å². The van der Waals surface area contributed by atoms with Crippen molar-refractivity contribution in [1.29, 1.82) is 0 Å². The Morgan fingerprint density at radius 3 is 2.37 bits per heavy atom. The molecular formula is C17H15ClS. The van der Waals surface area contributed by atoms with Gasteiger partial charge < -0.3 is 0 Å². The molecule has 0 fully saturated rings. The summed E-state index contributed by atoms with van der Waals surface area (Å²) in [6.07, 6.45) is 0. The van der Waals surface area contributed by atoms with Gasteiger partial charge in [-0.1, -0.05) is 36.4 Å². The highest BCUT2D eigenvalue weighted by Crippen LogP contribution is 2.39. The van der Waals surface area contributed by atoms with Crippen LogP contribution in [0.15, 0.2) is 47.8 Å². The number of alkyl halides is 1. The average molecular weight is 287 g/mol. The van der Waals surface area contributed by atoms with Crippen LogP contribution in [0.3, 0.4) is 0 Å². The molecule has 0 spiro atoms. The molecule has 0 aliphatic carbocycles. The van der Waals surface area contributed by atoms with E-state index in [0.717, 1.165) is 0 Å². The molecule has 0 aliphatic heterocycles. The van der Waals surface area contributed by atoms with Crippen LogP contribution < -0.4 is 0 Å². The highest BCUT2D eigenvalue weighted by atomic mass is 35.5. The smallest absolute Gasteiger partial charge is 0.0854 e. The predicted molar refractivity (Wildman–Crippen MR) is 85.4 cm³/mol. The van der Waals surface area contributed by atoms with E-state index in [4.69, 9.17) is 11.6 Å². The van der Waals surface area contributed by atoms with Crippen molar-refractivity contribution in [2.45, 2.75) is 19.2 Å². The summed E-state index contributed by atoms with van der Waals surface area (Å²) in [5, 5.41) is 3.39. The van der Waals surface area contributed by atoms with E-state index < -0.39 is 0 Å². The van der Waals surface area contributed by atoms with Gasteiger partial charge >= 0.3 is 0 Å².